The van der Waals surface area contributed by atoms with E-state index in [9.17, 15) is 37.2 Å². The summed E-state index contributed by atoms with van der Waals surface area (Å²) in [4.78, 5) is 80.9. The summed E-state index contributed by atoms with van der Waals surface area (Å²) in [6.45, 7) is 0.489. The number of sulfone groups is 1. The van der Waals surface area contributed by atoms with Crippen LogP contribution in [-0.2, 0) is 51.4 Å². The molecule has 4 amide bonds. The molecule has 0 spiro atoms. The van der Waals surface area contributed by atoms with Crippen molar-refractivity contribution in [1.82, 2.24) is 28.9 Å². The molecule has 1 atom stereocenters. The van der Waals surface area contributed by atoms with Gasteiger partial charge in [0.2, 0.25) is 32.7 Å². The number of imide groups is 1. The molecule has 17 heteroatoms. The number of benzene rings is 2. The van der Waals surface area contributed by atoms with Crippen LogP contribution in [0.4, 0.5) is 5.69 Å². The van der Waals surface area contributed by atoms with E-state index in [4.69, 9.17) is 4.74 Å². The molecule has 1 unspecified atom stereocenters. The maximum absolute atomic E-state index is 13.0. The lowest BCUT2D eigenvalue weighted by Gasteiger charge is -2.29. The van der Waals surface area contributed by atoms with Crippen molar-refractivity contribution in [3.8, 4) is 17.6 Å². The predicted molar refractivity (Wildman–Crippen MR) is 196 cm³/mol. The van der Waals surface area contributed by atoms with Gasteiger partial charge < -0.3 is 19.5 Å². The zero-order chi connectivity index (χ0) is 38.7. The van der Waals surface area contributed by atoms with Crippen LogP contribution in [0.25, 0.3) is 11.2 Å². The number of hydrogen-bond acceptors (Lipinski definition) is 10. The highest BCUT2D eigenvalue weighted by Crippen LogP contribution is 2.32. The molecule has 16 nitrogen and oxygen atoms in total. The van der Waals surface area contributed by atoms with Crippen molar-refractivity contribution in [2.45, 2.75) is 69.2 Å². The number of amides is 4. The molecule has 282 valence electrons. The number of piperidine rings is 1. The molecule has 0 saturated carbocycles. The van der Waals surface area contributed by atoms with Gasteiger partial charge in [-0.3, -0.25) is 38.4 Å². The van der Waals surface area contributed by atoms with E-state index in [0.29, 0.717) is 47.6 Å². The van der Waals surface area contributed by atoms with E-state index in [1.165, 1.54) is 19.0 Å². The molecule has 4 heterocycles. The molecule has 2 aromatic heterocycles. The fourth-order valence-electron chi connectivity index (χ4n) is 6.61. The Morgan fingerprint density at radius 1 is 1.02 bits per heavy atom. The largest absolute Gasteiger partial charge is 0.494 e. The van der Waals surface area contributed by atoms with E-state index in [-0.39, 0.29) is 60.0 Å². The van der Waals surface area contributed by atoms with Gasteiger partial charge in [-0.25, -0.2) is 13.2 Å². The Hall–Kier alpha value is -6.02. The molecule has 2 aliphatic rings. The zero-order valence-electron chi connectivity index (χ0n) is 30.0. The lowest BCUT2D eigenvalue weighted by Crippen LogP contribution is -2.52. The standard InChI is InChI=1S/C37H39N7O9S/c1-41-31-32(40-36(41)54(3,51)52)43(37(50)42(2)35(31)49)19-10-12-23-11-8-13-24(21-23)53-20-7-5-4-6-16-29(45)38-27-15-9-14-25-26(27)22-44(34(25)48)28-17-18-30(46)39-33(28)47/h8-9,11,13-15,21,28H,4-7,16-20,22H2,1-3H3,(H,38,45)(H,39,46,47). The first kappa shape index (κ1) is 37.7. The molecule has 54 heavy (non-hydrogen) atoms. The number of imidazole rings is 1. The second kappa shape index (κ2) is 15.5. The van der Waals surface area contributed by atoms with E-state index in [1.54, 1.807) is 42.5 Å². The first-order valence-electron chi connectivity index (χ1n) is 17.4. The van der Waals surface area contributed by atoms with Gasteiger partial charge in [-0.1, -0.05) is 36.8 Å². The minimum Gasteiger partial charge on any atom is -0.494 e. The molecule has 0 aliphatic carbocycles. The minimum absolute atomic E-state index is 0.0200. The van der Waals surface area contributed by atoms with Crippen LogP contribution in [-0.4, -0.2) is 74.5 Å². The zero-order valence-corrected chi connectivity index (χ0v) is 30.8. The Balaban J connectivity index is 0.956. The first-order valence-corrected chi connectivity index (χ1v) is 19.3. The summed E-state index contributed by atoms with van der Waals surface area (Å²) in [6, 6.07) is 11.5. The fraction of sp³-hybridized carbons (Fsp3) is 0.378. The van der Waals surface area contributed by atoms with Gasteiger partial charge >= 0.3 is 5.69 Å². The number of hydrogen-bond donors (Lipinski definition) is 2. The maximum Gasteiger partial charge on any atom is 0.333 e. The number of nitrogens with one attached hydrogen (secondary N) is 2. The average Bonchev–Trinajstić information content (AvgIpc) is 3.66. The van der Waals surface area contributed by atoms with Gasteiger partial charge in [0, 0.05) is 62.1 Å². The van der Waals surface area contributed by atoms with Crippen molar-refractivity contribution in [1.29, 1.82) is 0 Å². The normalized spacial score (nSPS) is 15.5. The molecule has 1 fully saturated rings. The van der Waals surface area contributed by atoms with Crippen LogP contribution in [0.3, 0.4) is 0 Å². The van der Waals surface area contributed by atoms with Gasteiger partial charge in [-0.2, -0.15) is 4.98 Å². The van der Waals surface area contributed by atoms with Crippen LogP contribution in [0.1, 0.15) is 66.4 Å². The molecule has 1 saturated heterocycles. The number of ether oxygens (including phenoxy) is 1. The summed E-state index contributed by atoms with van der Waals surface area (Å²) in [5, 5.41) is 4.88. The SMILES string of the molecule is Cn1c(=O)c2c(nc(S(C)(=O)=O)n2C)n(CC#Cc2cccc(OCCCCCCC(=O)Nc3cccc4c3CN(C3CCC(=O)NC3=O)C4=O)c2)c1=O. The van der Waals surface area contributed by atoms with E-state index in [2.05, 4.69) is 27.5 Å². The van der Waals surface area contributed by atoms with Crippen molar-refractivity contribution in [3.05, 3.63) is 80.0 Å². The first-order chi connectivity index (χ1) is 25.7. The molecule has 6 rings (SSSR count). The quantitative estimate of drug-likeness (QED) is 0.122. The summed E-state index contributed by atoms with van der Waals surface area (Å²) in [5.74, 6) is 5.19. The topological polar surface area (TPSA) is 201 Å². The third kappa shape index (κ3) is 7.83. The second-order valence-corrected chi connectivity index (χ2v) is 15.2. The van der Waals surface area contributed by atoms with Crippen molar-refractivity contribution in [2.24, 2.45) is 14.1 Å². The van der Waals surface area contributed by atoms with Crippen LogP contribution in [0.2, 0.25) is 0 Å². The maximum atomic E-state index is 13.0. The highest BCUT2D eigenvalue weighted by atomic mass is 32.2. The molecule has 0 radical (unpaired) electrons. The van der Waals surface area contributed by atoms with E-state index in [1.807, 2.05) is 0 Å². The number of anilines is 1. The van der Waals surface area contributed by atoms with Gasteiger partial charge in [-0.15, -0.1) is 0 Å². The second-order valence-electron chi connectivity index (χ2n) is 13.3. The molecule has 2 aliphatic heterocycles. The molecular formula is C37H39N7O9S. The van der Waals surface area contributed by atoms with E-state index >= 15 is 0 Å². The smallest absolute Gasteiger partial charge is 0.333 e. The Bertz CT molecular complexity index is 2490. The van der Waals surface area contributed by atoms with Crippen molar-refractivity contribution in [3.63, 3.8) is 0 Å². The summed E-state index contributed by atoms with van der Waals surface area (Å²) in [7, 11) is -1.05. The third-order valence-corrected chi connectivity index (χ3v) is 10.4. The van der Waals surface area contributed by atoms with Crippen LogP contribution >= 0.6 is 0 Å². The number of carbonyl (C=O) groups excluding carboxylic acids is 4. The number of unbranched alkanes of at least 4 members (excludes halogenated alkanes) is 3. The summed E-state index contributed by atoms with van der Waals surface area (Å²) in [6.07, 6.45) is 4.75. The van der Waals surface area contributed by atoms with Gasteiger partial charge in [-0.05, 0) is 49.6 Å². The monoisotopic (exact) mass is 757 g/mol. The lowest BCUT2D eigenvalue weighted by atomic mass is 10.0. The van der Waals surface area contributed by atoms with Crippen molar-refractivity contribution >= 4 is 50.3 Å². The van der Waals surface area contributed by atoms with Gasteiger partial charge in [0.05, 0.1) is 13.2 Å². The molecular weight excluding hydrogens is 719 g/mol. The van der Waals surface area contributed by atoms with Gasteiger partial charge in [0.1, 0.15) is 11.8 Å². The summed E-state index contributed by atoms with van der Waals surface area (Å²) >= 11 is 0. The number of aryl methyl sites for hydroxylation is 1. The van der Waals surface area contributed by atoms with E-state index in [0.717, 1.165) is 39.2 Å². The Morgan fingerprint density at radius 3 is 2.54 bits per heavy atom. The third-order valence-electron chi connectivity index (χ3n) is 9.38. The fourth-order valence-corrected chi connectivity index (χ4v) is 7.46. The molecule has 2 N–H and O–H groups in total. The van der Waals surface area contributed by atoms with E-state index < -0.39 is 33.0 Å². The number of carbonyl (C=O) groups is 4. The minimum atomic E-state index is -3.76. The number of fused-ring (bicyclic) bond motifs is 2. The highest BCUT2D eigenvalue weighted by Gasteiger charge is 2.40. The number of rotatable bonds is 12. The Labute approximate surface area is 310 Å². The Kier molecular flexibility index (Phi) is 10.8. The average molecular weight is 758 g/mol. The van der Waals surface area contributed by atoms with Crippen LogP contribution < -0.4 is 26.6 Å². The number of nitrogens with zero attached hydrogens (tertiary/aromatic N) is 5. The van der Waals surface area contributed by atoms with Gasteiger partial charge in [0.15, 0.2) is 11.2 Å². The highest BCUT2D eigenvalue weighted by molar-refractivity contribution is 7.90. The molecule has 0 bridgehead atoms. The van der Waals surface area contributed by atoms with Gasteiger partial charge in [0.25, 0.3) is 11.5 Å². The van der Waals surface area contributed by atoms with Crippen molar-refractivity contribution in [2.75, 3.05) is 18.2 Å². The summed E-state index contributed by atoms with van der Waals surface area (Å²) < 4.78 is 33.5. The van der Waals surface area contributed by atoms with Crippen LogP contribution in [0.15, 0.2) is 57.2 Å². The molecule has 4 aromatic rings. The summed E-state index contributed by atoms with van der Waals surface area (Å²) in [5.41, 5.74) is 0.846. The number of aromatic nitrogens is 4. The molecule has 2 aromatic carbocycles. The van der Waals surface area contributed by atoms with Crippen LogP contribution in [0.5, 0.6) is 5.75 Å². The van der Waals surface area contributed by atoms with Crippen LogP contribution in [0, 0.1) is 11.8 Å². The van der Waals surface area contributed by atoms with Crippen molar-refractivity contribution < 1.29 is 32.3 Å². The Morgan fingerprint density at radius 2 is 1.78 bits per heavy atom. The predicted octanol–water partition coefficient (Wildman–Crippen LogP) is 1.62. The lowest BCUT2D eigenvalue weighted by molar-refractivity contribution is -0.137.